The van der Waals surface area contributed by atoms with Gasteiger partial charge in [0, 0.05) is 9.75 Å². The smallest absolute Gasteiger partial charge is 0.0573 e. The van der Waals surface area contributed by atoms with E-state index in [1.807, 2.05) is 6.07 Å². The standard InChI is InChI=1S/C8H11NS/c1-3-7(9)8-5-4-6(2)10-8/h3-5,7H,1,9H2,2H3/t7-/m1/s1. The van der Waals surface area contributed by atoms with Crippen molar-refractivity contribution in [3.63, 3.8) is 0 Å². The van der Waals surface area contributed by atoms with Gasteiger partial charge in [0.2, 0.25) is 0 Å². The first-order valence-corrected chi connectivity index (χ1v) is 4.00. The maximum Gasteiger partial charge on any atom is 0.0573 e. The van der Waals surface area contributed by atoms with Crippen LogP contribution < -0.4 is 5.73 Å². The van der Waals surface area contributed by atoms with Crippen molar-refractivity contribution in [3.8, 4) is 0 Å². The molecule has 1 rings (SSSR count). The Bertz CT molecular complexity index is 227. The molecule has 0 saturated carbocycles. The van der Waals surface area contributed by atoms with Gasteiger partial charge in [0.05, 0.1) is 6.04 Å². The van der Waals surface area contributed by atoms with Gasteiger partial charge in [0.15, 0.2) is 0 Å². The molecule has 1 heterocycles. The van der Waals surface area contributed by atoms with E-state index in [9.17, 15) is 0 Å². The molecule has 1 atom stereocenters. The molecule has 0 aromatic carbocycles. The van der Waals surface area contributed by atoms with E-state index in [4.69, 9.17) is 5.73 Å². The number of nitrogens with two attached hydrogens (primary N) is 1. The maximum absolute atomic E-state index is 5.70. The highest BCUT2D eigenvalue weighted by molar-refractivity contribution is 7.12. The molecule has 0 amide bonds. The minimum atomic E-state index is 0.0127. The molecule has 1 nitrogen and oxygen atoms in total. The Morgan fingerprint density at radius 1 is 1.70 bits per heavy atom. The first-order valence-electron chi connectivity index (χ1n) is 3.18. The summed E-state index contributed by atoms with van der Waals surface area (Å²) in [6, 6.07) is 4.13. The number of rotatable bonds is 2. The lowest BCUT2D eigenvalue weighted by atomic mass is 10.2. The van der Waals surface area contributed by atoms with Gasteiger partial charge in [-0.1, -0.05) is 6.08 Å². The van der Waals surface area contributed by atoms with Crippen LogP contribution in [0.1, 0.15) is 15.8 Å². The average Bonchev–Trinajstić information content (AvgIpc) is 2.34. The molecular formula is C8H11NS. The summed E-state index contributed by atoms with van der Waals surface area (Å²) in [5, 5.41) is 0. The Morgan fingerprint density at radius 3 is 2.80 bits per heavy atom. The third kappa shape index (κ3) is 1.46. The van der Waals surface area contributed by atoms with E-state index in [1.165, 1.54) is 9.75 Å². The van der Waals surface area contributed by atoms with Crippen LogP contribution in [0.5, 0.6) is 0 Å². The third-order valence-corrected chi connectivity index (χ3v) is 2.45. The van der Waals surface area contributed by atoms with Crippen LogP contribution in [-0.4, -0.2) is 0 Å². The molecule has 0 aliphatic heterocycles. The predicted octanol–water partition coefficient (Wildman–Crippen LogP) is 2.24. The molecular weight excluding hydrogens is 142 g/mol. The van der Waals surface area contributed by atoms with Gasteiger partial charge in [-0.25, -0.2) is 0 Å². The van der Waals surface area contributed by atoms with Crippen LogP contribution in [0.2, 0.25) is 0 Å². The second kappa shape index (κ2) is 2.99. The van der Waals surface area contributed by atoms with Crippen LogP contribution in [-0.2, 0) is 0 Å². The first-order chi connectivity index (χ1) is 4.74. The molecule has 0 bridgehead atoms. The van der Waals surface area contributed by atoms with Crippen LogP contribution in [0.15, 0.2) is 24.8 Å². The molecule has 1 aromatic rings. The molecule has 0 radical (unpaired) electrons. The minimum Gasteiger partial charge on any atom is -0.320 e. The number of aryl methyl sites for hydroxylation is 1. The Balaban J connectivity index is 2.84. The van der Waals surface area contributed by atoms with E-state index in [0.717, 1.165) is 0 Å². The fourth-order valence-corrected chi connectivity index (χ4v) is 1.62. The molecule has 0 saturated heterocycles. The quantitative estimate of drug-likeness (QED) is 0.648. The van der Waals surface area contributed by atoms with Gasteiger partial charge in [0.1, 0.15) is 0 Å². The molecule has 0 spiro atoms. The molecule has 2 heteroatoms. The highest BCUT2D eigenvalue weighted by atomic mass is 32.1. The van der Waals surface area contributed by atoms with E-state index >= 15 is 0 Å². The summed E-state index contributed by atoms with van der Waals surface area (Å²) >= 11 is 1.72. The topological polar surface area (TPSA) is 26.0 Å². The molecule has 0 unspecified atom stereocenters. The van der Waals surface area contributed by atoms with Crippen molar-refractivity contribution in [3.05, 3.63) is 34.5 Å². The second-order valence-electron chi connectivity index (χ2n) is 2.21. The van der Waals surface area contributed by atoms with Crippen LogP contribution in [0.3, 0.4) is 0 Å². The van der Waals surface area contributed by atoms with Crippen molar-refractivity contribution < 1.29 is 0 Å². The zero-order valence-corrected chi connectivity index (χ0v) is 6.82. The molecule has 2 N–H and O–H groups in total. The van der Waals surface area contributed by atoms with Gasteiger partial charge < -0.3 is 5.73 Å². The summed E-state index contributed by atoms with van der Waals surface area (Å²) in [7, 11) is 0. The molecule has 0 aliphatic rings. The van der Waals surface area contributed by atoms with Gasteiger partial charge >= 0.3 is 0 Å². The average molecular weight is 153 g/mol. The summed E-state index contributed by atoms with van der Waals surface area (Å²) < 4.78 is 0. The summed E-state index contributed by atoms with van der Waals surface area (Å²) in [5.41, 5.74) is 5.70. The molecule has 1 aromatic heterocycles. The van der Waals surface area contributed by atoms with Gasteiger partial charge in [-0.05, 0) is 19.1 Å². The van der Waals surface area contributed by atoms with Crippen molar-refractivity contribution in [1.29, 1.82) is 0 Å². The molecule has 0 fully saturated rings. The van der Waals surface area contributed by atoms with Crippen LogP contribution >= 0.6 is 11.3 Å². The SMILES string of the molecule is C=C[C@@H](N)c1ccc(C)s1. The number of hydrogen-bond donors (Lipinski definition) is 1. The Labute approximate surface area is 65.2 Å². The van der Waals surface area contributed by atoms with Crippen LogP contribution in [0.4, 0.5) is 0 Å². The maximum atomic E-state index is 5.70. The van der Waals surface area contributed by atoms with Crippen molar-refractivity contribution in [2.75, 3.05) is 0 Å². The normalized spacial score (nSPS) is 13.0. The minimum absolute atomic E-state index is 0.0127. The van der Waals surface area contributed by atoms with Gasteiger partial charge in [-0.2, -0.15) is 0 Å². The van der Waals surface area contributed by atoms with E-state index in [-0.39, 0.29) is 6.04 Å². The van der Waals surface area contributed by atoms with Crippen molar-refractivity contribution in [1.82, 2.24) is 0 Å². The molecule has 54 valence electrons. The molecule has 0 aliphatic carbocycles. The Kier molecular flexibility index (Phi) is 2.25. The largest absolute Gasteiger partial charge is 0.320 e. The lowest BCUT2D eigenvalue weighted by Gasteiger charge is -1.99. The molecule has 10 heavy (non-hydrogen) atoms. The predicted molar refractivity (Wildman–Crippen MR) is 46.2 cm³/mol. The van der Waals surface area contributed by atoms with Gasteiger partial charge in [-0.15, -0.1) is 17.9 Å². The summed E-state index contributed by atoms with van der Waals surface area (Å²) in [4.78, 5) is 2.49. The van der Waals surface area contributed by atoms with E-state index in [1.54, 1.807) is 17.4 Å². The highest BCUT2D eigenvalue weighted by Gasteiger charge is 2.01. The fourth-order valence-electron chi connectivity index (χ4n) is 0.749. The first kappa shape index (κ1) is 7.51. The third-order valence-electron chi connectivity index (χ3n) is 1.34. The zero-order chi connectivity index (χ0) is 7.56. The summed E-state index contributed by atoms with van der Waals surface area (Å²) in [6.45, 7) is 5.70. The Hall–Kier alpha value is -0.600. The zero-order valence-electron chi connectivity index (χ0n) is 6.00. The number of thiophene rings is 1. The highest BCUT2D eigenvalue weighted by Crippen LogP contribution is 2.20. The van der Waals surface area contributed by atoms with Crippen molar-refractivity contribution in [2.24, 2.45) is 5.73 Å². The lowest BCUT2D eigenvalue weighted by molar-refractivity contribution is 0.940. The summed E-state index contributed by atoms with van der Waals surface area (Å²) in [5.74, 6) is 0. The monoisotopic (exact) mass is 153 g/mol. The van der Waals surface area contributed by atoms with Crippen LogP contribution in [0.25, 0.3) is 0 Å². The Morgan fingerprint density at radius 2 is 2.40 bits per heavy atom. The second-order valence-corrected chi connectivity index (χ2v) is 3.53. The summed E-state index contributed by atoms with van der Waals surface area (Å²) in [6.07, 6.45) is 1.76. The van der Waals surface area contributed by atoms with Gasteiger partial charge in [-0.3, -0.25) is 0 Å². The van der Waals surface area contributed by atoms with E-state index in [2.05, 4.69) is 19.6 Å². The van der Waals surface area contributed by atoms with Crippen molar-refractivity contribution in [2.45, 2.75) is 13.0 Å². The van der Waals surface area contributed by atoms with Gasteiger partial charge in [0.25, 0.3) is 0 Å². The van der Waals surface area contributed by atoms with Crippen molar-refractivity contribution >= 4 is 11.3 Å². The fraction of sp³-hybridized carbons (Fsp3) is 0.250. The van der Waals surface area contributed by atoms with E-state index in [0.29, 0.717) is 0 Å². The van der Waals surface area contributed by atoms with E-state index < -0.39 is 0 Å². The van der Waals surface area contributed by atoms with Crippen LogP contribution in [0, 0.1) is 6.92 Å². The number of hydrogen-bond acceptors (Lipinski definition) is 2. The lowest BCUT2D eigenvalue weighted by Crippen LogP contribution is -2.03.